The summed E-state index contributed by atoms with van der Waals surface area (Å²) in [6.07, 6.45) is 24.6. The van der Waals surface area contributed by atoms with Crippen molar-refractivity contribution in [1.29, 1.82) is 0 Å². The molecule has 0 aromatic heterocycles. The minimum absolute atomic E-state index is 1.35. The Morgan fingerprint density at radius 2 is 0.724 bits per heavy atom. The van der Waals surface area contributed by atoms with Gasteiger partial charge in [0.1, 0.15) is 13.1 Å². The molecule has 0 amide bonds. The molecule has 2 heteroatoms. The minimum atomic E-state index is 1.35. The van der Waals surface area contributed by atoms with E-state index in [-0.39, 0.29) is 0 Å². The summed E-state index contributed by atoms with van der Waals surface area (Å²) >= 11 is 0. The molecule has 0 spiro atoms. The van der Waals surface area contributed by atoms with E-state index < -0.39 is 0 Å². The smallest absolute Gasteiger partial charge is 0.128 e. The van der Waals surface area contributed by atoms with Gasteiger partial charge in [-0.25, -0.2) is 0 Å². The van der Waals surface area contributed by atoms with E-state index in [2.05, 4.69) is 27.9 Å². The molecule has 1 heterocycles. The molecule has 1 aliphatic rings. The van der Waals surface area contributed by atoms with Crippen molar-refractivity contribution in [2.45, 2.75) is 123 Å². The van der Waals surface area contributed by atoms with Gasteiger partial charge in [0.2, 0.25) is 0 Å². The van der Waals surface area contributed by atoms with Crippen LogP contribution in [-0.2, 0) is 0 Å². The van der Waals surface area contributed by atoms with Crippen molar-refractivity contribution < 1.29 is 8.97 Å². The fourth-order valence-corrected chi connectivity index (χ4v) is 5.24. The SMILES string of the molecule is CCCCCCCCCC[N+]1(C)CCC[N+](C)(CCCCCCCCCC)CC1. The Kier molecular flexibility index (Phi) is 15.4. The molecule has 0 aromatic rings. The predicted molar refractivity (Wildman–Crippen MR) is 131 cm³/mol. The van der Waals surface area contributed by atoms with Gasteiger partial charge < -0.3 is 8.97 Å². The maximum absolute atomic E-state index is 2.55. The van der Waals surface area contributed by atoms with Gasteiger partial charge in [-0.1, -0.05) is 90.9 Å². The van der Waals surface area contributed by atoms with Crippen molar-refractivity contribution in [3.8, 4) is 0 Å². The number of unbranched alkanes of at least 4 members (excludes halogenated alkanes) is 14. The van der Waals surface area contributed by atoms with Gasteiger partial charge in [0.15, 0.2) is 0 Å². The summed E-state index contributed by atoms with van der Waals surface area (Å²) in [7, 11) is 5.10. The van der Waals surface area contributed by atoms with Crippen molar-refractivity contribution in [1.82, 2.24) is 0 Å². The standard InChI is InChI=1S/C27H58N2/c1-5-7-9-11-13-15-17-19-22-28(3)24-21-25-29(4,27-26-28)23-20-18-16-14-12-10-8-6-2/h5-27H2,1-4H3/q+2. The number of likely N-dealkylation sites (N-methyl/N-ethyl adjacent to an activating group) is 2. The highest BCUT2D eigenvalue weighted by Crippen LogP contribution is 2.19. The highest BCUT2D eigenvalue weighted by Gasteiger charge is 2.32. The molecule has 2 nitrogen and oxygen atoms in total. The second kappa shape index (κ2) is 16.6. The van der Waals surface area contributed by atoms with E-state index in [9.17, 15) is 0 Å². The second-order valence-corrected chi connectivity index (χ2v) is 10.9. The number of hydrogen-bond donors (Lipinski definition) is 0. The topological polar surface area (TPSA) is 0 Å². The minimum Gasteiger partial charge on any atom is -0.321 e. The number of quaternary nitrogens is 2. The molecule has 0 radical (unpaired) electrons. The quantitative estimate of drug-likeness (QED) is 0.161. The van der Waals surface area contributed by atoms with E-state index in [0.717, 1.165) is 0 Å². The Labute approximate surface area is 185 Å². The third-order valence-corrected chi connectivity index (χ3v) is 7.68. The molecule has 29 heavy (non-hydrogen) atoms. The maximum Gasteiger partial charge on any atom is 0.128 e. The third kappa shape index (κ3) is 13.8. The first-order chi connectivity index (χ1) is 14.0. The average Bonchev–Trinajstić information content (AvgIpc) is 2.85. The Morgan fingerprint density at radius 1 is 0.414 bits per heavy atom. The zero-order valence-corrected chi connectivity index (χ0v) is 21.2. The number of nitrogens with zero attached hydrogens (tertiary/aromatic N) is 2. The molecule has 0 aromatic carbocycles. The molecule has 2 atom stereocenters. The van der Waals surface area contributed by atoms with E-state index in [4.69, 9.17) is 0 Å². The lowest BCUT2D eigenvalue weighted by molar-refractivity contribution is -0.946. The van der Waals surface area contributed by atoms with Crippen LogP contribution in [0.4, 0.5) is 0 Å². The summed E-state index contributed by atoms with van der Waals surface area (Å²) < 4.78 is 2.70. The van der Waals surface area contributed by atoms with Crippen LogP contribution in [0.2, 0.25) is 0 Å². The van der Waals surface area contributed by atoms with Crippen LogP contribution in [0.15, 0.2) is 0 Å². The van der Waals surface area contributed by atoms with Gasteiger partial charge in [0, 0.05) is 6.42 Å². The van der Waals surface area contributed by atoms with Crippen LogP contribution in [0.5, 0.6) is 0 Å². The van der Waals surface area contributed by atoms with E-state index in [0.29, 0.717) is 0 Å². The van der Waals surface area contributed by atoms with Gasteiger partial charge in [-0.15, -0.1) is 0 Å². The average molecular weight is 411 g/mol. The van der Waals surface area contributed by atoms with Crippen LogP contribution in [0.25, 0.3) is 0 Å². The van der Waals surface area contributed by atoms with Crippen LogP contribution in [0.3, 0.4) is 0 Å². The fourth-order valence-electron chi connectivity index (χ4n) is 5.24. The summed E-state index contributed by atoms with van der Waals surface area (Å²) in [5.74, 6) is 0. The van der Waals surface area contributed by atoms with Crippen LogP contribution in [0.1, 0.15) is 123 Å². The molecule has 2 unspecified atom stereocenters. The first-order valence-corrected chi connectivity index (χ1v) is 13.7. The van der Waals surface area contributed by atoms with Crippen molar-refractivity contribution in [3.63, 3.8) is 0 Å². The zero-order valence-electron chi connectivity index (χ0n) is 21.2. The zero-order chi connectivity index (χ0) is 21.3. The largest absolute Gasteiger partial charge is 0.321 e. The Morgan fingerprint density at radius 3 is 1.07 bits per heavy atom. The molecular formula is C27H58N2+2. The lowest BCUT2D eigenvalue weighted by Crippen LogP contribution is -2.51. The molecule has 0 aliphatic carbocycles. The number of rotatable bonds is 18. The van der Waals surface area contributed by atoms with E-state index in [1.54, 1.807) is 0 Å². The van der Waals surface area contributed by atoms with Crippen molar-refractivity contribution >= 4 is 0 Å². The summed E-state index contributed by atoms with van der Waals surface area (Å²) in [5, 5.41) is 0. The van der Waals surface area contributed by atoms with Crippen molar-refractivity contribution in [3.05, 3.63) is 0 Å². The molecule has 0 N–H and O–H groups in total. The molecule has 1 fully saturated rings. The number of hydrogen-bond acceptors (Lipinski definition) is 0. The van der Waals surface area contributed by atoms with E-state index in [1.165, 1.54) is 157 Å². The predicted octanol–water partition coefficient (Wildman–Crippen LogP) is 7.56. The highest BCUT2D eigenvalue weighted by molar-refractivity contribution is 4.54. The summed E-state index contributed by atoms with van der Waals surface area (Å²) in [6, 6.07) is 0. The molecule has 0 bridgehead atoms. The molecular weight excluding hydrogens is 352 g/mol. The Bertz CT molecular complexity index is 336. The van der Waals surface area contributed by atoms with Gasteiger partial charge >= 0.3 is 0 Å². The van der Waals surface area contributed by atoms with Crippen LogP contribution in [-0.4, -0.2) is 62.3 Å². The molecule has 1 aliphatic heterocycles. The van der Waals surface area contributed by atoms with Gasteiger partial charge in [-0.05, 0) is 25.7 Å². The van der Waals surface area contributed by atoms with Crippen molar-refractivity contribution in [2.24, 2.45) is 0 Å². The van der Waals surface area contributed by atoms with Crippen molar-refractivity contribution in [2.75, 3.05) is 53.4 Å². The summed E-state index contributed by atoms with van der Waals surface area (Å²) in [5.41, 5.74) is 0. The molecule has 0 saturated carbocycles. The van der Waals surface area contributed by atoms with Gasteiger partial charge in [-0.2, -0.15) is 0 Å². The summed E-state index contributed by atoms with van der Waals surface area (Å²) in [6.45, 7) is 13.1. The molecule has 1 saturated heterocycles. The molecule has 1 rings (SSSR count). The van der Waals surface area contributed by atoms with Gasteiger partial charge in [0.05, 0.1) is 40.3 Å². The monoisotopic (exact) mass is 410 g/mol. The Balaban J connectivity index is 2.12. The first-order valence-electron chi connectivity index (χ1n) is 13.7. The maximum atomic E-state index is 2.55. The van der Waals surface area contributed by atoms with Crippen LogP contribution in [0, 0.1) is 0 Å². The lowest BCUT2D eigenvalue weighted by atomic mass is 10.1. The first kappa shape index (κ1) is 27.0. The van der Waals surface area contributed by atoms with Crippen LogP contribution >= 0.6 is 0 Å². The fraction of sp³-hybridized carbons (Fsp3) is 1.00. The third-order valence-electron chi connectivity index (χ3n) is 7.68. The summed E-state index contributed by atoms with van der Waals surface area (Å²) in [4.78, 5) is 0. The normalized spacial score (nSPS) is 25.2. The lowest BCUT2D eigenvalue weighted by Gasteiger charge is -2.35. The second-order valence-electron chi connectivity index (χ2n) is 10.9. The van der Waals surface area contributed by atoms with E-state index in [1.807, 2.05) is 0 Å². The Hall–Kier alpha value is -0.0800. The van der Waals surface area contributed by atoms with Crippen LogP contribution < -0.4 is 0 Å². The van der Waals surface area contributed by atoms with Gasteiger partial charge in [-0.3, -0.25) is 0 Å². The molecule has 174 valence electrons. The highest BCUT2D eigenvalue weighted by atomic mass is 15.4. The van der Waals surface area contributed by atoms with Gasteiger partial charge in [0.25, 0.3) is 0 Å². The van der Waals surface area contributed by atoms with E-state index >= 15 is 0 Å².